The quantitative estimate of drug-likeness (QED) is 0.377. The second-order valence-corrected chi connectivity index (χ2v) is 11.8. The maximum absolute atomic E-state index is 13.1. The van der Waals surface area contributed by atoms with E-state index in [1.807, 2.05) is 6.07 Å². The fourth-order valence-corrected chi connectivity index (χ4v) is 6.73. The second kappa shape index (κ2) is 8.52. The molecule has 1 aromatic carbocycles. The van der Waals surface area contributed by atoms with Crippen LogP contribution in [0.25, 0.3) is 21.3 Å². The van der Waals surface area contributed by atoms with Crippen molar-refractivity contribution in [3.05, 3.63) is 59.3 Å². The lowest BCUT2D eigenvalue weighted by atomic mass is 10.1. The van der Waals surface area contributed by atoms with E-state index < -0.39 is 37.4 Å². The molecule has 2 amide bonds. The molecule has 1 fully saturated rings. The van der Waals surface area contributed by atoms with Gasteiger partial charge in [-0.25, -0.2) is 18.4 Å². The summed E-state index contributed by atoms with van der Waals surface area (Å²) in [5, 5.41) is 7.68. The summed E-state index contributed by atoms with van der Waals surface area (Å²) in [5.41, 5.74) is 2.05. The molecule has 0 spiro atoms. The van der Waals surface area contributed by atoms with Gasteiger partial charge in [0.1, 0.15) is 10.3 Å². The van der Waals surface area contributed by atoms with Crippen LogP contribution < -0.4 is 5.32 Å². The number of nitrogens with zero attached hydrogens (tertiary/aromatic N) is 4. The first-order valence-electron chi connectivity index (χ1n) is 9.72. The predicted octanol–water partition coefficient (Wildman–Crippen LogP) is 2.91. The Hall–Kier alpha value is -3.23. The Morgan fingerprint density at radius 3 is 2.65 bits per heavy atom. The van der Waals surface area contributed by atoms with Crippen molar-refractivity contribution in [2.75, 3.05) is 6.26 Å². The molecular formula is C20H14FN5O5S3. The van der Waals surface area contributed by atoms with Gasteiger partial charge < -0.3 is 4.42 Å². The number of aromatic nitrogens is 4. The third kappa shape index (κ3) is 4.43. The number of carbonyl (C=O) groups is 2. The fraction of sp³-hybridized carbons (Fsp3) is 0.200. The lowest BCUT2D eigenvalue weighted by Crippen LogP contribution is -2.25. The standard InChI is InChI=1S/C20H14FN5O5S3/c1-34(29,30)16(18-26-25-15(31-18)7-13-17(27)24-20(28)33-13)19-23-11-4-2-9(6-12(11)32-19)10-3-5-14(21)22-8-10/h2-6,8,13,16H,7H2,1H3,(H,24,27,28). The molecule has 174 valence electrons. The number of rotatable bonds is 6. The van der Waals surface area contributed by atoms with Crippen LogP contribution in [-0.4, -0.2) is 51.2 Å². The Kier molecular flexibility index (Phi) is 5.65. The number of benzene rings is 1. The molecule has 5 rings (SSSR count). The average Bonchev–Trinajstić information content (AvgIpc) is 3.46. The second-order valence-electron chi connectivity index (χ2n) is 7.44. The van der Waals surface area contributed by atoms with E-state index >= 15 is 0 Å². The molecule has 1 aliphatic heterocycles. The SMILES string of the molecule is CS(=O)(=O)C(c1nnc(CC2SC(=O)NC2=O)o1)c1nc2ccc(-c3ccc(F)nc3)cc2s1. The number of imide groups is 1. The molecule has 2 atom stereocenters. The first-order chi connectivity index (χ1) is 16.2. The molecule has 14 heteroatoms. The van der Waals surface area contributed by atoms with Crippen molar-refractivity contribution in [1.29, 1.82) is 0 Å². The summed E-state index contributed by atoms with van der Waals surface area (Å²) in [4.78, 5) is 31.3. The number of halogens is 1. The highest BCUT2D eigenvalue weighted by atomic mass is 32.2. The minimum absolute atomic E-state index is 0.0133. The first-order valence-corrected chi connectivity index (χ1v) is 13.4. The summed E-state index contributed by atoms with van der Waals surface area (Å²) in [6.07, 6.45) is 2.44. The average molecular weight is 520 g/mol. The van der Waals surface area contributed by atoms with E-state index in [2.05, 4.69) is 25.5 Å². The Morgan fingerprint density at radius 1 is 1.18 bits per heavy atom. The van der Waals surface area contributed by atoms with Gasteiger partial charge in [0.15, 0.2) is 15.1 Å². The van der Waals surface area contributed by atoms with Crippen molar-refractivity contribution >= 4 is 54.3 Å². The van der Waals surface area contributed by atoms with E-state index in [0.29, 0.717) is 15.8 Å². The molecule has 10 nitrogen and oxygen atoms in total. The van der Waals surface area contributed by atoms with E-state index in [1.54, 1.807) is 18.2 Å². The smallest absolute Gasteiger partial charge is 0.286 e. The summed E-state index contributed by atoms with van der Waals surface area (Å²) in [6, 6.07) is 8.19. The van der Waals surface area contributed by atoms with E-state index in [-0.39, 0.29) is 23.2 Å². The third-order valence-electron chi connectivity index (χ3n) is 4.95. The van der Waals surface area contributed by atoms with Gasteiger partial charge in [-0.05, 0) is 29.8 Å². The monoisotopic (exact) mass is 519 g/mol. The Morgan fingerprint density at radius 2 is 1.97 bits per heavy atom. The number of fused-ring (bicyclic) bond motifs is 1. The van der Waals surface area contributed by atoms with Gasteiger partial charge in [-0.3, -0.25) is 14.9 Å². The highest BCUT2D eigenvalue weighted by molar-refractivity contribution is 8.15. The van der Waals surface area contributed by atoms with E-state index in [9.17, 15) is 22.4 Å². The van der Waals surface area contributed by atoms with Gasteiger partial charge in [0.2, 0.25) is 23.6 Å². The topological polar surface area (TPSA) is 145 Å². The summed E-state index contributed by atoms with van der Waals surface area (Å²) in [7, 11) is -3.76. The van der Waals surface area contributed by atoms with Gasteiger partial charge in [-0.15, -0.1) is 21.5 Å². The van der Waals surface area contributed by atoms with Crippen LogP contribution in [0.4, 0.5) is 9.18 Å². The number of thioether (sulfide) groups is 1. The van der Waals surface area contributed by atoms with Gasteiger partial charge in [0.25, 0.3) is 5.24 Å². The van der Waals surface area contributed by atoms with Gasteiger partial charge in [-0.2, -0.15) is 4.39 Å². The van der Waals surface area contributed by atoms with Crippen molar-refractivity contribution in [2.45, 2.75) is 16.9 Å². The number of hydrogen-bond acceptors (Lipinski definition) is 11. The van der Waals surface area contributed by atoms with Crippen LogP contribution in [0, 0.1) is 5.95 Å². The predicted molar refractivity (Wildman–Crippen MR) is 122 cm³/mol. The number of pyridine rings is 1. The summed E-state index contributed by atoms with van der Waals surface area (Å²) in [5.74, 6) is -1.18. The minimum Gasteiger partial charge on any atom is -0.423 e. The number of nitrogens with one attached hydrogen (secondary N) is 1. The molecule has 2 unspecified atom stereocenters. The highest BCUT2D eigenvalue weighted by Crippen LogP contribution is 2.36. The third-order valence-corrected chi connectivity index (χ3v) is 8.45. The van der Waals surface area contributed by atoms with Gasteiger partial charge in [0, 0.05) is 24.4 Å². The molecule has 1 aliphatic rings. The molecular weight excluding hydrogens is 505 g/mol. The normalized spacial score (nSPS) is 17.3. The summed E-state index contributed by atoms with van der Waals surface area (Å²) < 4.78 is 44.8. The van der Waals surface area contributed by atoms with E-state index in [1.165, 1.54) is 12.3 Å². The van der Waals surface area contributed by atoms with Crippen molar-refractivity contribution in [1.82, 2.24) is 25.5 Å². The number of hydrogen-bond donors (Lipinski definition) is 1. The van der Waals surface area contributed by atoms with Gasteiger partial charge >= 0.3 is 0 Å². The minimum atomic E-state index is -3.76. The van der Waals surface area contributed by atoms with Crippen LogP contribution in [0.1, 0.15) is 22.0 Å². The van der Waals surface area contributed by atoms with Crippen molar-refractivity contribution in [2.24, 2.45) is 0 Å². The molecule has 0 aliphatic carbocycles. The Bertz CT molecular complexity index is 1530. The zero-order valence-corrected chi connectivity index (χ0v) is 19.7. The van der Waals surface area contributed by atoms with E-state index in [0.717, 1.165) is 34.9 Å². The van der Waals surface area contributed by atoms with Crippen LogP contribution in [0.2, 0.25) is 0 Å². The Labute approximate surface area is 199 Å². The van der Waals surface area contributed by atoms with Gasteiger partial charge in [-0.1, -0.05) is 17.8 Å². The van der Waals surface area contributed by atoms with Crippen molar-refractivity contribution < 1.29 is 26.8 Å². The molecule has 0 bridgehead atoms. The Balaban J connectivity index is 1.47. The molecule has 3 aromatic heterocycles. The largest absolute Gasteiger partial charge is 0.423 e. The molecule has 1 N–H and O–H groups in total. The first kappa shape index (κ1) is 22.6. The van der Waals surface area contributed by atoms with Crippen LogP contribution in [0.3, 0.4) is 0 Å². The van der Waals surface area contributed by atoms with Crippen LogP contribution in [0.15, 0.2) is 40.9 Å². The molecule has 0 radical (unpaired) electrons. The van der Waals surface area contributed by atoms with Crippen molar-refractivity contribution in [3.63, 3.8) is 0 Å². The van der Waals surface area contributed by atoms with Gasteiger partial charge in [0.05, 0.1) is 10.2 Å². The molecule has 0 saturated carbocycles. The molecule has 1 saturated heterocycles. The zero-order chi connectivity index (χ0) is 24.0. The highest BCUT2D eigenvalue weighted by Gasteiger charge is 2.36. The molecule has 34 heavy (non-hydrogen) atoms. The number of thiazole rings is 1. The van der Waals surface area contributed by atoms with E-state index in [4.69, 9.17) is 4.42 Å². The summed E-state index contributed by atoms with van der Waals surface area (Å²) >= 11 is 1.97. The fourth-order valence-electron chi connectivity index (χ4n) is 3.39. The number of sulfone groups is 1. The maximum Gasteiger partial charge on any atom is 0.286 e. The maximum atomic E-state index is 13.1. The van der Waals surface area contributed by atoms with Crippen molar-refractivity contribution in [3.8, 4) is 11.1 Å². The number of carbonyl (C=O) groups excluding carboxylic acids is 2. The zero-order valence-electron chi connectivity index (χ0n) is 17.3. The lowest BCUT2D eigenvalue weighted by Gasteiger charge is -2.07. The molecule has 4 aromatic rings. The van der Waals surface area contributed by atoms with Crippen LogP contribution in [-0.2, 0) is 21.1 Å². The van der Waals surface area contributed by atoms with Crippen LogP contribution in [0.5, 0.6) is 0 Å². The van der Waals surface area contributed by atoms with Crippen LogP contribution >= 0.6 is 23.1 Å². The molecule has 4 heterocycles. The summed E-state index contributed by atoms with van der Waals surface area (Å²) in [6.45, 7) is 0. The number of amides is 2. The lowest BCUT2D eigenvalue weighted by molar-refractivity contribution is -0.119.